The predicted octanol–water partition coefficient (Wildman–Crippen LogP) is 5.46. The molecule has 4 atom stereocenters. The number of nitrogens with one attached hydrogen (secondary N) is 1. The van der Waals surface area contributed by atoms with Crippen LogP contribution in [0.25, 0.3) is 0 Å². The average Bonchev–Trinajstić information content (AvgIpc) is 3.43. The molecular weight excluding hydrogens is 438 g/mol. The van der Waals surface area contributed by atoms with Gasteiger partial charge in [0.05, 0.1) is 16.6 Å². The van der Waals surface area contributed by atoms with E-state index in [1.54, 1.807) is 0 Å². The summed E-state index contributed by atoms with van der Waals surface area (Å²) in [5.74, 6) is -0.237. The van der Waals surface area contributed by atoms with E-state index in [-0.39, 0.29) is 17.7 Å². The first-order chi connectivity index (χ1) is 16.5. The summed E-state index contributed by atoms with van der Waals surface area (Å²) in [7, 11) is 0. The second-order valence-electron chi connectivity index (χ2n) is 11.9. The van der Waals surface area contributed by atoms with E-state index in [0.29, 0.717) is 5.69 Å². The van der Waals surface area contributed by atoms with Gasteiger partial charge in [0, 0.05) is 23.9 Å². The van der Waals surface area contributed by atoms with Gasteiger partial charge in [0.1, 0.15) is 11.0 Å². The first-order valence-corrected chi connectivity index (χ1v) is 12.6. The second-order valence-corrected chi connectivity index (χ2v) is 11.9. The van der Waals surface area contributed by atoms with Crippen molar-refractivity contribution in [3.63, 3.8) is 0 Å². The topological polar surface area (TPSA) is 71.0 Å². The number of carbonyl (C=O) groups is 2. The minimum atomic E-state index is -1.01. The van der Waals surface area contributed by atoms with Gasteiger partial charge in [-0.1, -0.05) is 50.2 Å². The molecule has 0 unspecified atom stereocenters. The number of benzene rings is 2. The van der Waals surface area contributed by atoms with E-state index in [1.165, 1.54) is 10.5 Å². The third kappa shape index (κ3) is 2.38. The Morgan fingerprint density at radius 2 is 1.77 bits per heavy atom. The molecular formula is C29H33N3O3. The summed E-state index contributed by atoms with van der Waals surface area (Å²) < 4.78 is 5.76. The number of hydrogen-bond donors (Lipinski definition) is 1. The number of rotatable bonds is 1. The van der Waals surface area contributed by atoms with Gasteiger partial charge in [-0.2, -0.15) is 0 Å². The Bertz CT molecular complexity index is 1310. The van der Waals surface area contributed by atoms with Crippen molar-refractivity contribution in [2.24, 2.45) is 16.8 Å². The molecule has 0 radical (unpaired) electrons. The average molecular weight is 472 g/mol. The van der Waals surface area contributed by atoms with Crippen LogP contribution in [0.4, 0.5) is 16.2 Å². The first-order valence-electron chi connectivity index (χ1n) is 12.6. The number of ether oxygens (including phenoxy) is 1. The Hall–Kier alpha value is -3.15. The smallest absolute Gasteiger partial charge is 0.421 e. The number of aliphatic imine (C=N–C) groups is 1. The number of carbonyl (C=O) groups excluding carboxylic acids is 2. The van der Waals surface area contributed by atoms with E-state index in [9.17, 15) is 9.59 Å². The molecule has 6 heteroatoms. The minimum absolute atomic E-state index is 0.135. The van der Waals surface area contributed by atoms with Crippen molar-refractivity contribution in [2.75, 3.05) is 16.8 Å². The van der Waals surface area contributed by atoms with Gasteiger partial charge >= 0.3 is 6.09 Å². The molecule has 1 saturated carbocycles. The zero-order valence-corrected chi connectivity index (χ0v) is 21.3. The summed E-state index contributed by atoms with van der Waals surface area (Å²) in [5.41, 5.74) is 2.02. The van der Waals surface area contributed by atoms with Crippen LogP contribution in [0, 0.1) is 11.8 Å². The van der Waals surface area contributed by atoms with Gasteiger partial charge in [-0.15, -0.1) is 0 Å². The van der Waals surface area contributed by atoms with Crippen molar-refractivity contribution in [1.82, 2.24) is 0 Å². The highest BCUT2D eigenvalue weighted by atomic mass is 16.6. The number of amides is 2. The van der Waals surface area contributed by atoms with Crippen molar-refractivity contribution in [3.8, 4) is 0 Å². The molecule has 2 spiro atoms. The third-order valence-corrected chi connectivity index (χ3v) is 8.73. The zero-order chi connectivity index (χ0) is 25.0. The molecule has 1 fully saturated rings. The molecule has 0 aromatic heterocycles. The van der Waals surface area contributed by atoms with Crippen LogP contribution in [0.5, 0.6) is 0 Å². The molecule has 0 saturated heterocycles. The van der Waals surface area contributed by atoms with E-state index in [2.05, 4.69) is 44.3 Å². The van der Waals surface area contributed by atoms with Gasteiger partial charge in [0.15, 0.2) is 0 Å². The molecule has 3 heterocycles. The minimum Gasteiger partial charge on any atom is -0.443 e. The van der Waals surface area contributed by atoms with Crippen molar-refractivity contribution >= 4 is 29.1 Å². The molecule has 3 aliphatic heterocycles. The summed E-state index contributed by atoms with van der Waals surface area (Å²) in [6, 6.07) is 16.1. The summed E-state index contributed by atoms with van der Waals surface area (Å²) >= 11 is 0. The van der Waals surface area contributed by atoms with Crippen LogP contribution in [0.3, 0.4) is 0 Å². The summed E-state index contributed by atoms with van der Waals surface area (Å²) in [5, 5.41) is 3.85. The number of anilines is 2. The second kappa shape index (κ2) is 6.74. The van der Waals surface area contributed by atoms with Crippen LogP contribution in [0.2, 0.25) is 0 Å². The van der Waals surface area contributed by atoms with Crippen molar-refractivity contribution in [1.29, 1.82) is 0 Å². The molecule has 182 valence electrons. The molecule has 35 heavy (non-hydrogen) atoms. The maximum Gasteiger partial charge on any atom is 0.421 e. The third-order valence-electron chi connectivity index (χ3n) is 8.73. The molecule has 6 rings (SSSR count). The molecule has 1 N–H and O–H groups in total. The SMILES string of the molecule is CC(C)[C@@H]1C2=NCC[C@@]23c2ccccc2N[C@@]3(C)[C@@]12C(=O)N(C(=O)OC(C)(C)C)c1ccccc12. The normalized spacial score (nSPS) is 32.3. The molecule has 6 nitrogen and oxygen atoms in total. The molecule has 2 aromatic carbocycles. The van der Waals surface area contributed by atoms with Crippen LogP contribution in [0.1, 0.15) is 59.1 Å². The van der Waals surface area contributed by atoms with Gasteiger partial charge in [0.25, 0.3) is 0 Å². The molecule has 4 aliphatic rings. The summed E-state index contributed by atoms with van der Waals surface area (Å²) in [6.07, 6.45) is 0.219. The number of nitrogens with zero attached hydrogens (tertiary/aromatic N) is 2. The van der Waals surface area contributed by atoms with E-state index < -0.39 is 28.1 Å². The van der Waals surface area contributed by atoms with Crippen LogP contribution >= 0.6 is 0 Å². The highest BCUT2D eigenvalue weighted by molar-refractivity contribution is 6.27. The lowest BCUT2D eigenvalue weighted by Crippen LogP contribution is -2.64. The largest absolute Gasteiger partial charge is 0.443 e. The summed E-state index contributed by atoms with van der Waals surface area (Å²) in [6.45, 7) is 12.7. The molecule has 2 amide bonds. The van der Waals surface area contributed by atoms with E-state index in [0.717, 1.165) is 29.9 Å². The lowest BCUT2D eigenvalue weighted by atomic mass is 9.57. The fourth-order valence-electron chi connectivity index (χ4n) is 7.80. The summed E-state index contributed by atoms with van der Waals surface area (Å²) in [4.78, 5) is 34.8. The highest BCUT2D eigenvalue weighted by Gasteiger charge is 2.82. The van der Waals surface area contributed by atoms with Crippen molar-refractivity contribution in [3.05, 3.63) is 59.7 Å². The quantitative estimate of drug-likeness (QED) is 0.600. The maximum absolute atomic E-state index is 14.9. The Morgan fingerprint density at radius 3 is 2.46 bits per heavy atom. The Kier molecular flexibility index (Phi) is 4.30. The molecule has 1 aliphatic carbocycles. The van der Waals surface area contributed by atoms with Gasteiger partial charge < -0.3 is 10.1 Å². The van der Waals surface area contributed by atoms with Crippen LogP contribution < -0.4 is 10.2 Å². The van der Waals surface area contributed by atoms with Crippen molar-refractivity contribution in [2.45, 2.75) is 69.9 Å². The van der Waals surface area contributed by atoms with Crippen LogP contribution in [-0.4, -0.2) is 35.4 Å². The zero-order valence-electron chi connectivity index (χ0n) is 21.3. The first kappa shape index (κ1) is 22.3. The molecule has 2 aromatic rings. The standard InChI is InChI=1S/C29H33N3O3/c1-17(2)22-23-28(15-16-30-23)18-11-7-9-13-20(18)31-27(28,6)29(22)19-12-8-10-14-21(19)32(24(29)33)25(34)35-26(3,4)5/h7-14,17,22,31H,15-16H2,1-6H3/t22-,27-,28-,29-/m1/s1. The predicted molar refractivity (Wildman–Crippen MR) is 137 cm³/mol. The fraction of sp³-hybridized carbons (Fsp3) is 0.483. The van der Waals surface area contributed by atoms with Crippen LogP contribution in [-0.2, 0) is 20.4 Å². The van der Waals surface area contributed by atoms with Gasteiger partial charge in [-0.3, -0.25) is 9.79 Å². The number of para-hydroxylation sites is 2. The fourth-order valence-corrected chi connectivity index (χ4v) is 7.80. The Morgan fingerprint density at radius 1 is 1.11 bits per heavy atom. The number of fused-ring (bicyclic) bond motifs is 4. The lowest BCUT2D eigenvalue weighted by Gasteiger charge is -2.47. The van der Waals surface area contributed by atoms with Crippen molar-refractivity contribution < 1.29 is 14.3 Å². The van der Waals surface area contributed by atoms with E-state index in [1.807, 2.05) is 51.1 Å². The Labute approximate surface area is 206 Å². The number of imide groups is 1. The Balaban J connectivity index is 1.67. The van der Waals surface area contributed by atoms with Gasteiger partial charge in [-0.05, 0) is 63.3 Å². The molecule has 0 bridgehead atoms. The van der Waals surface area contributed by atoms with E-state index >= 15 is 0 Å². The monoisotopic (exact) mass is 471 g/mol. The highest BCUT2D eigenvalue weighted by Crippen LogP contribution is 2.71. The van der Waals surface area contributed by atoms with Gasteiger partial charge in [-0.25, -0.2) is 9.69 Å². The number of hydrogen-bond acceptors (Lipinski definition) is 5. The van der Waals surface area contributed by atoms with Crippen LogP contribution in [0.15, 0.2) is 53.5 Å². The lowest BCUT2D eigenvalue weighted by molar-refractivity contribution is -0.126. The van der Waals surface area contributed by atoms with Gasteiger partial charge in [0.2, 0.25) is 5.91 Å². The maximum atomic E-state index is 14.9. The van der Waals surface area contributed by atoms with E-state index in [4.69, 9.17) is 9.73 Å².